The van der Waals surface area contributed by atoms with Gasteiger partial charge in [-0.15, -0.1) is 12.4 Å². The van der Waals surface area contributed by atoms with Crippen LogP contribution in [0.1, 0.15) is 33.6 Å². The fraction of sp³-hybridized carbons (Fsp3) is 0.917. The van der Waals surface area contributed by atoms with Crippen LogP contribution in [0.15, 0.2) is 0 Å². The van der Waals surface area contributed by atoms with Gasteiger partial charge in [-0.2, -0.15) is 0 Å². The average Bonchev–Trinajstić information content (AvgIpc) is 2.50. The molecule has 0 aromatic rings. The zero-order valence-corrected chi connectivity index (χ0v) is 12.2. The molecule has 1 atom stereocenters. The summed E-state index contributed by atoms with van der Waals surface area (Å²) in [5.74, 6) is 0.135. The Balaban J connectivity index is 0.00000256. The number of nitrogens with one attached hydrogen (secondary N) is 2. The van der Waals surface area contributed by atoms with Gasteiger partial charge in [0.05, 0.1) is 6.54 Å². The number of carbonyl (C=O) groups excluding carboxylic acids is 1. The number of nitrogens with zero attached hydrogens (tertiary/aromatic N) is 1. The van der Waals surface area contributed by atoms with Crippen LogP contribution in [0.2, 0.25) is 0 Å². The zero-order valence-electron chi connectivity index (χ0n) is 11.4. The maximum absolute atomic E-state index is 11.8. The summed E-state index contributed by atoms with van der Waals surface area (Å²) >= 11 is 0. The number of hydrogen-bond acceptors (Lipinski definition) is 3. The normalized spacial score (nSPS) is 21.1. The van der Waals surface area contributed by atoms with Gasteiger partial charge in [0, 0.05) is 18.1 Å². The summed E-state index contributed by atoms with van der Waals surface area (Å²) in [5, 5.41) is 6.20. The van der Waals surface area contributed by atoms with Crippen LogP contribution in [0.25, 0.3) is 0 Å². The largest absolute Gasteiger partial charge is 0.350 e. The van der Waals surface area contributed by atoms with E-state index in [0.717, 1.165) is 13.1 Å². The fourth-order valence-electron chi connectivity index (χ4n) is 2.21. The van der Waals surface area contributed by atoms with Crippen molar-refractivity contribution < 1.29 is 4.79 Å². The highest BCUT2D eigenvalue weighted by molar-refractivity contribution is 5.85. The molecule has 0 spiro atoms. The molecule has 1 unspecified atom stereocenters. The minimum absolute atomic E-state index is 0. The van der Waals surface area contributed by atoms with E-state index < -0.39 is 0 Å². The zero-order chi connectivity index (χ0) is 12.2. The van der Waals surface area contributed by atoms with Crippen molar-refractivity contribution in [3.05, 3.63) is 0 Å². The van der Waals surface area contributed by atoms with Crippen LogP contribution in [-0.2, 0) is 4.79 Å². The van der Waals surface area contributed by atoms with Crippen molar-refractivity contribution in [3.8, 4) is 0 Å². The van der Waals surface area contributed by atoms with Gasteiger partial charge in [0.1, 0.15) is 0 Å². The number of amides is 1. The molecule has 1 aliphatic heterocycles. The van der Waals surface area contributed by atoms with Crippen molar-refractivity contribution in [2.24, 2.45) is 0 Å². The molecular formula is C12H26ClN3O. The maximum atomic E-state index is 11.8. The molecule has 5 heteroatoms. The molecule has 0 aliphatic carbocycles. The predicted molar refractivity (Wildman–Crippen MR) is 73.7 cm³/mol. The van der Waals surface area contributed by atoms with E-state index in [1.807, 2.05) is 27.8 Å². The Morgan fingerprint density at radius 2 is 2.06 bits per heavy atom. The van der Waals surface area contributed by atoms with E-state index in [9.17, 15) is 4.79 Å². The first-order valence-electron chi connectivity index (χ1n) is 6.12. The second kappa shape index (κ2) is 7.19. The Kier molecular flexibility index (Phi) is 7.05. The Morgan fingerprint density at radius 3 is 2.59 bits per heavy atom. The van der Waals surface area contributed by atoms with Crippen molar-refractivity contribution in [2.75, 3.05) is 26.7 Å². The number of carbonyl (C=O) groups is 1. The van der Waals surface area contributed by atoms with Gasteiger partial charge in [-0.25, -0.2) is 0 Å². The summed E-state index contributed by atoms with van der Waals surface area (Å²) < 4.78 is 0. The SMILES string of the molecule is CNCC1CCCN1CC(=O)NC(C)(C)C.Cl. The van der Waals surface area contributed by atoms with Crippen molar-refractivity contribution in [2.45, 2.75) is 45.2 Å². The van der Waals surface area contributed by atoms with Gasteiger partial charge in [-0.05, 0) is 47.2 Å². The second-order valence-electron chi connectivity index (χ2n) is 5.62. The van der Waals surface area contributed by atoms with Crippen molar-refractivity contribution in [1.82, 2.24) is 15.5 Å². The van der Waals surface area contributed by atoms with Crippen molar-refractivity contribution in [3.63, 3.8) is 0 Å². The quantitative estimate of drug-likeness (QED) is 0.796. The summed E-state index contributed by atoms with van der Waals surface area (Å²) in [4.78, 5) is 14.1. The van der Waals surface area contributed by atoms with Crippen LogP contribution < -0.4 is 10.6 Å². The molecule has 1 saturated heterocycles. The first kappa shape index (κ1) is 16.7. The van der Waals surface area contributed by atoms with E-state index in [0.29, 0.717) is 12.6 Å². The van der Waals surface area contributed by atoms with Crippen LogP contribution in [0.3, 0.4) is 0 Å². The minimum atomic E-state index is -0.130. The van der Waals surface area contributed by atoms with E-state index in [2.05, 4.69) is 15.5 Å². The number of hydrogen-bond donors (Lipinski definition) is 2. The third-order valence-electron chi connectivity index (χ3n) is 2.80. The molecule has 1 heterocycles. The molecule has 0 radical (unpaired) electrons. The lowest BCUT2D eigenvalue weighted by atomic mass is 10.1. The molecule has 17 heavy (non-hydrogen) atoms. The second-order valence-corrected chi connectivity index (χ2v) is 5.62. The third-order valence-corrected chi connectivity index (χ3v) is 2.80. The molecular weight excluding hydrogens is 238 g/mol. The summed E-state index contributed by atoms with van der Waals surface area (Å²) in [5.41, 5.74) is -0.130. The van der Waals surface area contributed by atoms with Gasteiger partial charge < -0.3 is 10.6 Å². The predicted octanol–water partition coefficient (Wildman–Crippen LogP) is 1.01. The number of rotatable bonds is 4. The van der Waals surface area contributed by atoms with Crippen molar-refractivity contribution >= 4 is 18.3 Å². The smallest absolute Gasteiger partial charge is 0.234 e. The van der Waals surface area contributed by atoms with E-state index in [1.54, 1.807) is 0 Å². The van der Waals surface area contributed by atoms with Crippen LogP contribution >= 0.6 is 12.4 Å². The molecule has 1 aliphatic rings. The number of halogens is 1. The van der Waals surface area contributed by atoms with E-state index in [-0.39, 0.29) is 23.9 Å². The van der Waals surface area contributed by atoms with Gasteiger partial charge in [0.2, 0.25) is 5.91 Å². The summed E-state index contributed by atoms with van der Waals surface area (Å²) in [6.07, 6.45) is 2.40. The first-order chi connectivity index (χ1) is 7.42. The van der Waals surface area contributed by atoms with Gasteiger partial charge in [0.15, 0.2) is 0 Å². The molecule has 0 saturated carbocycles. The molecule has 1 rings (SSSR count). The van der Waals surface area contributed by atoms with Gasteiger partial charge >= 0.3 is 0 Å². The Bertz CT molecular complexity index is 240. The molecule has 102 valence electrons. The lowest BCUT2D eigenvalue weighted by Gasteiger charge is -2.26. The van der Waals surface area contributed by atoms with Gasteiger partial charge in [0.25, 0.3) is 0 Å². The topological polar surface area (TPSA) is 44.4 Å². The van der Waals surface area contributed by atoms with Crippen molar-refractivity contribution in [1.29, 1.82) is 0 Å². The van der Waals surface area contributed by atoms with E-state index >= 15 is 0 Å². The fourth-order valence-corrected chi connectivity index (χ4v) is 2.21. The standard InChI is InChI=1S/C12H25N3O.ClH/c1-12(2,3)14-11(16)9-15-7-5-6-10(15)8-13-4;/h10,13H,5-9H2,1-4H3,(H,14,16);1H. The monoisotopic (exact) mass is 263 g/mol. The van der Waals surface area contributed by atoms with Crippen LogP contribution in [0, 0.1) is 0 Å². The van der Waals surface area contributed by atoms with Crippen LogP contribution in [0.5, 0.6) is 0 Å². The number of likely N-dealkylation sites (tertiary alicyclic amines) is 1. The van der Waals surface area contributed by atoms with E-state index in [4.69, 9.17) is 0 Å². The Labute approximate surface area is 111 Å². The van der Waals surface area contributed by atoms with Crippen LogP contribution in [-0.4, -0.2) is 49.1 Å². The highest BCUT2D eigenvalue weighted by atomic mass is 35.5. The van der Waals surface area contributed by atoms with Gasteiger partial charge in [-0.1, -0.05) is 0 Å². The summed E-state index contributed by atoms with van der Waals surface area (Å²) in [6, 6.07) is 0.524. The number of likely N-dealkylation sites (N-methyl/N-ethyl adjacent to an activating group) is 1. The third kappa shape index (κ3) is 6.24. The Hall–Kier alpha value is -0.320. The molecule has 1 fully saturated rings. The summed E-state index contributed by atoms with van der Waals surface area (Å²) in [7, 11) is 1.96. The average molecular weight is 264 g/mol. The molecule has 0 bridgehead atoms. The minimum Gasteiger partial charge on any atom is -0.350 e. The lowest BCUT2D eigenvalue weighted by Crippen LogP contribution is -2.48. The van der Waals surface area contributed by atoms with Crippen LogP contribution in [0.4, 0.5) is 0 Å². The lowest BCUT2D eigenvalue weighted by molar-refractivity contribution is -0.123. The molecule has 4 nitrogen and oxygen atoms in total. The molecule has 1 amide bonds. The molecule has 0 aromatic heterocycles. The van der Waals surface area contributed by atoms with Gasteiger partial charge in [-0.3, -0.25) is 9.69 Å². The maximum Gasteiger partial charge on any atom is 0.234 e. The Morgan fingerprint density at radius 1 is 1.41 bits per heavy atom. The highest BCUT2D eigenvalue weighted by Crippen LogP contribution is 2.15. The van der Waals surface area contributed by atoms with E-state index in [1.165, 1.54) is 12.8 Å². The summed E-state index contributed by atoms with van der Waals surface area (Å²) in [6.45, 7) is 8.59. The molecule has 2 N–H and O–H groups in total. The highest BCUT2D eigenvalue weighted by Gasteiger charge is 2.26. The molecule has 0 aromatic carbocycles. The first-order valence-corrected chi connectivity index (χ1v) is 6.12.